The molecule has 0 saturated carbocycles. The fourth-order valence-electron chi connectivity index (χ4n) is 3.62. The Morgan fingerprint density at radius 2 is 2.12 bits per heavy atom. The van der Waals surface area contributed by atoms with Gasteiger partial charge >= 0.3 is 6.03 Å². The molecule has 2 unspecified atom stereocenters. The SMILES string of the molecule is CCCN(C(=O)C1CCCN(C(=O)NCC(C)C)C1)C1CCNC1. The van der Waals surface area contributed by atoms with Crippen molar-refractivity contribution in [2.45, 2.75) is 52.5 Å². The zero-order chi connectivity index (χ0) is 17.5. The van der Waals surface area contributed by atoms with Crippen molar-refractivity contribution >= 4 is 11.9 Å². The number of nitrogens with zero attached hydrogens (tertiary/aromatic N) is 2. The first-order chi connectivity index (χ1) is 11.5. The Labute approximate surface area is 146 Å². The Morgan fingerprint density at radius 3 is 2.75 bits per heavy atom. The molecule has 3 amide bonds. The lowest BCUT2D eigenvalue weighted by Crippen LogP contribution is -2.52. The van der Waals surface area contributed by atoms with E-state index in [1.807, 2.05) is 4.90 Å². The highest BCUT2D eigenvalue weighted by Gasteiger charge is 2.34. The molecule has 24 heavy (non-hydrogen) atoms. The van der Waals surface area contributed by atoms with Gasteiger partial charge in [0.05, 0.1) is 5.92 Å². The van der Waals surface area contributed by atoms with Crippen molar-refractivity contribution in [1.29, 1.82) is 0 Å². The summed E-state index contributed by atoms with van der Waals surface area (Å²) in [6.45, 7) is 11.0. The van der Waals surface area contributed by atoms with E-state index in [-0.39, 0.29) is 17.9 Å². The maximum atomic E-state index is 13.0. The first-order valence-electron chi connectivity index (χ1n) is 9.56. The second-order valence-electron chi connectivity index (χ2n) is 7.54. The monoisotopic (exact) mass is 338 g/mol. The number of carbonyl (C=O) groups is 2. The number of hydrogen-bond donors (Lipinski definition) is 2. The highest BCUT2D eigenvalue weighted by molar-refractivity contribution is 5.81. The first kappa shape index (κ1) is 19.0. The molecule has 6 heteroatoms. The lowest BCUT2D eigenvalue weighted by molar-refractivity contribution is -0.139. The van der Waals surface area contributed by atoms with Crippen LogP contribution in [0.15, 0.2) is 0 Å². The first-order valence-corrected chi connectivity index (χ1v) is 9.56. The number of nitrogens with one attached hydrogen (secondary N) is 2. The molecule has 0 radical (unpaired) electrons. The van der Waals surface area contributed by atoms with Crippen molar-refractivity contribution in [2.75, 3.05) is 39.3 Å². The van der Waals surface area contributed by atoms with Crippen LogP contribution < -0.4 is 10.6 Å². The molecular weight excluding hydrogens is 304 g/mol. The molecule has 0 aromatic heterocycles. The lowest BCUT2D eigenvalue weighted by Gasteiger charge is -2.37. The third-order valence-corrected chi connectivity index (χ3v) is 4.94. The minimum atomic E-state index is -0.0456. The third-order valence-electron chi connectivity index (χ3n) is 4.94. The Kier molecular flexibility index (Phi) is 7.34. The van der Waals surface area contributed by atoms with E-state index in [0.717, 1.165) is 51.9 Å². The molecule has 2 saturated heterocycles. The Bertz CT molecular complexity index is 421. The molecule has 0 aromatic rings. The highest BCUT2D eigenvalue weighted by atomic mass is 16.2. The van der Waals surface area contributed by atoms with Gasteiger partial charge in [0.2, 0.25) is 5.91 Å². The van der Waals surface area contributed by atoms with E-state index in [9.17, 15) is 9.59 Å². The number of rotatable bonds is 6. The number of piperidine rings is 1. The van der Waals surface area contributed by atoms with Crippen LogP contribution in [0.2, 0.25) is 0 Å². The van der Waals surface area contributed by atoms with Crippen LogP contribution in [0, 0.1) is 11.8 Å². The summed E-state index contributed by atoms with van der Waals surface area (Å²) in [5.41, 5.74) is 0. The van der Waals surface area contributed by atoms with Gasteiger partial charge in [-0.15, -0.1) is 0 Å². The van der Waals surface area contributed by atoms with Gasteiger partial charge in [-0.25, -0.2) is 4.79 Å². The fraction of sp³-hybridized carbons (Fsp3) is 0.889. The molecule has 2 atom stereocenters. The van der Waals surface area contributed by atoms with Gasteiger partial charge in [-0.3, -0.25) is 4.79 Å². The second kappa shape index (κ2) is 9.25. The van der Waals surface area contributed by atoms with Gasteiger partial charge in [-0.2, -0.15) is 0 Å². The van der Waals surface area contributed by atoms with Crippen LogP contribution >= 0.6 is 0 Å². The maximum absolute atomic E-state index is 13.0. The van der Waals surface area contributed by atoms with E-state index in [4.69, 9.17) is 0 Å². The maximum Gasteiger partial charge on any atom is 0.317 e. The van der Waals surface area contributed by atoms with Crippen LogP contribution in [0.1, 0.15) is 46.5 Å². The Balaban J connectivity index is 1.93. The molecule has 0 aliphatic carbocycles. The summed E-state index contributed by atoms with van der Waals surface area (Å²) in [7, 11) is 0. The molecule has 0 bridgehead atoms. The molecule has 2 fully saturated rings. The number of urea groups is 1. The van der Waals surface area contributed by atoms with Gasteiger partial charge in [0.25, 0.3) is 0 Å². The van der Waals surface area contributed by atoms with Gasteiger partial charge in [0, 0.05) is 38.8 Å². The molecule has 0 aromatic carbocycles. The van der Waals surface area contributed by atoms with E-state index in [1.165, 1.54) is 0 Å². The summed E-state index contributed by atoms with van der Waals surface area (Å²) in [4.78, 5) is 29.2. The van der Waals surface area contributed by atoms with E-state index in [2.05, 4.69) is 36.3 Å². The summed E-state index contributed by atoms with van der Waals surface area (Å²) in [5, 5.41) is 6.33. The standard InChI is InChI=1S/C18H34N4O2/c1-4-9-22(16-7-8-19-12-16)17(23)15-6-5-10-21(13-15)18(24)20-11-14(2)3/h14-16,19H,4-13H2,1-3H3,(H,20,24). The van der Waals surface area contributed by atoms with Gasteiger partial charge in [0.1, 0.15) is 0 Å². The van der Waals surface area contributed by atoms with E-state index in [1.54, 1.807) is 0 Å². The minimum absolute atomic E-state index is 0.0224. The Hall–Kier alpha value is -1.30. The van der Waals surface area contributed by atoms with Crippen LogP contribution in [0.25, 0.3) is 0 Å². The van der Waals surface area contributed by atoms with Gasteiger partial charge < -0.3 is 20.4 Å². The molecule has 138 valence electrons. The lowest BCUT2D eigenvalue weighted by atomic mass is 9.95. The number of likely N-dealkylation sites (tertiary alicyclic amines) is 1. The van der Waals surface area contributed by atoms with Crippen molar-refractivity contribution < 1.29 is 9.59 Å². The normalized spacial score (nSPS) is 24.2. The zero-order valence-electron chi connectivity index (χ0n) is 15.5. The van der Waals surface area contributed by atoms with Gasteiger partial charge in [-0.1, -0.05) is 20.8 Å². The van der Waals surface area contributed by atoms with Gasteiger partial charge in [0.15, 0.2) is 0 Å². The molecular formula is C18H34N4O2. The van der Waals surface area contributed by atoms with E-state index in [0.29, 0.717) is 25.0 Å². The second-order valence-corrected chi connectivity index (χ2v) is 7.54. The average molecular weight is 338 g/mol. The minimum Gasteiger partial charge on any atom is -0.338 e. The molecule has 2 aliphatic heterocycles. The van der Waals surface area contributed by atoms with Crippen molar-refractivity contribution in [1.82, 2.24) is 20.4 Å². The molecule has 2 aliphatic rings. The molecule has 0 spiro atoms. The summed E-state index contributed by atoms with van der Waals surface area (Å²) in [5.74, 6) is 0.633. The largest absolute Gasteiger partial charge is 0.338 e. The van der Waals surface area contributed by atoms with Crippen LogP contribution in [-0.2, 0) is 4.79 Å². The predicted molar refractivity (Wildman–Crippen MR) is 95.8 cm³/mol. The average Bonchev–Trinajstić information content (AvgIpc) is 3.11. The van der Waals surface area contributed by atoms with Crippen molar-refractivity contribution in [3.8, 4) is 0 Å². The quantitative estimate of drug-likeness (QED) is 0.774. The van der Waals surface area contributed by atoms with Crippen molar-refractivity contribution in [3.63, 3.8) is 0 Å². The van der Waals surface area contributed by atoms with E-state index >= 15 is 0 Å². The number of hydrogen-bond acceptors (Lipinski definition) is 3. The van der Waals surface area contributed by atoms with Crippen LogP contribution in [0.3, 0.4) is 0 Å². The topological polar surface area (TPSA) is 64.7 Å². The third kappa shape index (κ3) is 5.10. The van der Waals surface area contributed by atoms with Crippen LogP contribution in [0.5, 0.6) is 0 Å². The zero-order valence-corrected chi connectivity index (χ0v) is 15.5. The number of carbonyl (C=O) groups excluding carboxylic acids is 2. The van der Waals surface area contributed by atoms with Gasteiger partial charge in [-0.05, 0) is 38.1 Å². The van der Waals surface area contributed by atoms with Crippen LogP contribution in [0.4, 0.5) is 4.79 Å². The van der Waals surface area contributed by atoms with Crippen molar-refractivity contribution in [3.05, 3.63) is 0 Å². The van der Waals surface area contributed by atoms with Crippen molar-refractivity contribution in [2.24, 2.45) is 11.8 Å². The molecule has 2 heterocycles. The summed E-state index contributed by atoms with van der Waals surface area (Å²) in [6.07, 6.45) is 3.83. The summed E-state index contributed by atoms with van der Waals surface area (Å²) >= 11 is 0. The highest BCUT2D eigenvalue weighted by Crippen LogP contribution is 2.22. The molecule has 2 rings (SSSR count). The predicted octanol–water partition coefficient (Wildman–Crippen LogP) is 1.66. The van der Waals surface area contributed by atoms with E-state index < -0.39 is 0 Å². The molecule has 2 N–H and O–H groups in total. The fourth-order valence-corrected chi connectivity index (χ4v) is 3.62. The molecule has 6 nitrogen and oxygen atoms in total. The summed E-state index contributed by atoms with van der Waals surface area (Å²) in [6, 6.07) is 0.299. The smallest absolute Gasteiger partial charge is 0.317 e. The Morgan fingerprint density at radius 1 is 1.33 bits per heavy atom. The summed E-state index contributed by atoms with van der Waals surface area (Å²) < 4.78 is 0. The number of amides is 3. The van der Waals surface area contributed by atoms with Crippen LogP contribution in [-0.4, -0.2) is 67.0 Å².